The van der Waals surface area contributed by atoms with Gasteiger partial charge in [-0.1, -0.05) is 11.6 Å². The number of alkyl halides is 2. The van der Waals surface area contributed by atoms with E-state index in [-0.39, 0.29) is 4.34 Å². The van der Waals surface area contributed by atoms with E-state index in [1.165, 1.54) is 0 Å². The van der Waals surface area contributed by atoms with Gasteiger partial charge in [0.1, 0.15) is 4.21 Å². The van der Waals surface area contributed by atoms with Crippen LogP contribution in [0.15, 0.2) is 10.3 Å². The molecule has 0 bridgehead atoms. The van der Waals surface area contributed by atoms with E-state index in [0.717, 1.165) is 0 Å². The molecule has 3 N–H and O–H groups in total. The van der Waals surface area contributed by atoms with Gasteiger partial charge in [-0.15, -0.1) is 11.3 Å². The van der Waals surface area contributed by atoms with Crippen molar-refractivity contribution in [1.82, 2.24) is 4.72 Å². The van der Waals surface area contributed by atoms with E-state index in [1.54, 1.807) is 4.72 Å². The number of sulfonamides is 1. The molecule has 0 spiro atoms. The first-order valence-corrected chi connectivity index (χ1v) is 7.28. The first-order chi connectivity index (χ1) is 8.59. The second-order valence-electron chi connectivity index (χ2n) is 3.37. The standard InChI is InChI=1S/C7H8ClF2N3O4S2/c8-6-4(13(14)15)1-5(18-6)19(16,17)12-3-7(9,10)2-11/h1,12H,2-3,11H2. The minimum atomic E-state index is -4.29. The molecule has 0 radical (unpaired) electrons. The van der Waals surface area contributed by atoms with Crippen molar-refractivity contribution >= 4 is 38.6 Å². The van der Waals surface area contributed by atoms with E-state index in [2.05, 4.69) is 0 Å². The molecule has 1 rings (SSSR count). The Kier molecular flexibility index (Phi) is 4.79. The molecule has 1 heterocycles. The Hall–Kier alpha value is -0.880. The summed E-state index contributed by atoms with van der Waals surface area (Å²) in [4.78, 5) is 9.63. The van der Waals surface area contributed by atoms with Crippen LogP contribution in [0.25, 0.3) is 0 Å². The van der Waals surface area contributed by atoms with Crippen LogP contribution in [-0.4, -0.2) is 32.4 Å². The maximum atomic E-state index is 12.8. The summed E-state index contributed by atoms with van der Waals surface area (Å²) >= 11 is 5.88. The van der Waals surface area contributed by atoms with Crippen LogP contribution in [0.4, 0.5) is 14.5 Å². The second-order valence-corrected chi connectivity index (χ2v) is 7.01. The highest BCUT2D eigenvalue weighted by Crippen LogP contribution is 2.36. The summed E-state index contributed by atoms with van der Waals surface area (Å²) in [5, 5.41) is 10.5. The SMILES string of the molecule is NCC(F)(F)CNS(=O)(=O)c1cc([N+](=O)[O-])c(Cl)s1. The lowest BCUT2D eigenvalue weighted by molar-refractivity contribution is -0.384. The van der Waals surface area contributed by atoms with Gasteiger partial charge in [-0.25, -0.2) is 21.9 Å². The topological polar surface area (TPSA) is 115 Å². The first-order valence-electron chi connectivity index (χ1n) is 4.60. The summed E-state index contributed by atoms with van der Waals surface area (Å²) < 4.78 is 49.7. The fourth-order valence-corrected chi connectivity index (χ4v) is 3.71. The van der Waals surface area contributed by atoms with E-state index in [4.69, 9.17) is 17.3 Å². The zero-order chi connectivity index (χ0) is 14.8. The molecule has 0 aliphatic rings. The minimum absolute atomic E-state index is 0.351. The maximum absolute atomic E-state index is 12.8. The number of nitrogens with two attached hydrogens (primary N) is 1. The number of halogens is 3. The van der Waals surface area contributed by atoms with E-state index in [9.17, 15) is 27.3 Å². The van der Waals surface area contributed by atoms with Crippen molar-refractivity contribution in [2.75, 3.05) is 13.1 Å². The average Bonchev–Trinajstić information content (AvgIpc) is 2.70. The smallest absolute Gasteiger partial charge is 0.300 e. The average molecular weight is 336 g/mol. The highest BCUT2D eigenvalue weighted by Gasteiger charge is 2.31. The van der Waals surface area contributed by atoms with Crippen molar-refractivity contribution in [3.63, 3.8) is 0 Å². The third kappa shape index (κ3) is 4.04. The van der Waals surface area contributed by atoms with Gasteiger partial charge in [0, 0.05) is 6.07 Å². The molecule has 0 atom stereocenters. The predicted octanol–water partition coefficient (Wildman–Crippen LogP) is 1.18. The van der Waals surface area contributed by atoms with Crippen molar-refractivity contribution in [1.29, 1.82) is 0 Å². The fourth-order valence-electron chi connectivity index (χ4n) is 0.939. The lowest BCUT2D eigenvalue weighted by Crippen LogP contribution is -2.41. The Labute approximate surface area is 115 Å². The predicted molar refractivity (Wildman–Crippen MR) is 65.2 cm³/mol. The molecule has 7 nitrogen and oxygen atoms in total. The van der Waals surface area contributed by atoms with Crippen LogP contribution in [0.5, 0.6) is 0 Å². The maximum Gasteiger partial charge on any atom is 0.300 e. The summed E-state index contributed by atoms with van der Waals surface area (Å²) in [6.45, 7) is -2.23. The summed E-state index contributed by atoms with van der Waals surface area (Å²) in [6.07, 6.45) is 0. The molecule has 0 saturated heterocycles. The van der Waals surface area contributed by atoms with E-state index in [0.29, 0.717) is 17.4 Å². The largest absolute Gasteiger partial charge is 0.325 e. The van der Waals surface area contributed by atoms with Crippen LogP contribution in [0.1, 0.15) is 0 Å². The Morgan fingerprint density at radius 2 is 2.16 bits per heavy atom. The van der Waals surface area contributed by atoms with Gasteiger partial charge in [0.05, 0.1) is 18.0 Å². The molecule has 108 valence electrons. The van der Waals surface area contributed by atoms with Gasteiger partial charge in [-0.05, 0) is 0 Å². The number of hydrogen-bond acceptors (Lipinski definition) is 6. The number of nitrogens with one attached hydrogen (secondary N) is 1. The molecule has 0 saturated carbocycles. The Balaban J connectivity index is 2.96. The molecule has 0 aliphatic carbocycles. The molecule has 0 amide bonds. The van der Waals surface area contributed by atoms with Crippen molar-refractivity contribution < 1.29 is 22.1 Å². The quantitative estimate of drug-likeness (QED) is 0.598. The molecule has 12 heteroatoms. The van der Waals surface area contributed by atoms with E-state index < -0.39 is 43.9 Å². The zero-order valence-electron chi connectivity index (χ0n) is 9.10. The molecule has 0 aliphatic heterocycles. The molecular weight excluding hydrogens is 328 g/mol. The zero-order valence-corrected chi connectivity index (χ0v) is 11.5. The van der Waals surface area contributed by atoms with Crippen molar-refractivity contribution in [2.45, 2.75) is 10.1 Å². The van der Waals surface area contributed by atoms with Crippen LogP contribution in [-0.2, 0) is 10.0 Å². The Bertz CT molecular complexity index is 589. The molecule has 0 fully saturated rings. The molecule has 1 aromatic rings. The van der Waals surface area contributed by atoms with Gasteiger partial charge in [0.15, 0.2) is 4.34 Å². The molecule has 1 aromatic heterocycles. The fraction of sp³-hybridized carbons (Fsp3) is 0.429. The third-order valence-electron chi connectivity index (χ3n) is 1.93. The highest BCUT2D eigenvalue weighted by molar-refractivity contribution is 7.91. The summed E-state index contributed by atoms with van der Waals surface area (Å²) in [6, 6.07) is 0.704. The van der Waals surface area contributed by atoms with Gasteiger partial charge in [-0.2, -0.15) is 0 Å². The minimum Gasteiger partial charge on any atom is -0.325 e. The monoisotopic (exact) mass is 335 g/mol. The van der Waals surface area contributed by atoms with Gasteiger partial charge in [-0.3, -0.25) is 10.1 Å². The van der Waals surface area contributed by atoms with Gasteiger partial charge in [0.2, 0.25) is 0 Å². The van der Waals surface area contributed by atoms with Crippen molar-refractivity contribution in [3.05, 3.63) is 20.5 Å². The van der Waals surface area contributed by atoms with Crippen LogP contribution in [0, 0.1) is 10.1 Å². The summed E-state index contributed by atoms with van der Waals surface area (Å²) in [5.74, 6) is -3.40. The molecule has 0 aromatic carbocycles. The van der Waals surface area contributed by atoms with Gasteiger partial charge in [0.25, 0.3) is 21.6 Å². The normalized spacial score (nSPS) is 12.6. The lowest BCUT2D eigenvalue weighted by Gasteiger charge is -2.13. The molecule has 19 heavy (non-hydrogen) atoms. The Morgan fingerprint density at radius 3 is 2.58 bits per heavy atom. The van der Waals surface area contributed by atoms with Crippen molar-refractivity contribution in [3.8, 4) is 0 Å². The van der Waals surface area contributed by atoms with Gasteiger partial charge >= 0.3 is 0 Å². The second kappa shape index (κ2) is 5.63. The number of rotatable bonds is 6. The number of thiophene rings is 1. The summed E-state index contributed by atoms with van der Waals surface area (Å²) in [5.41, 5.74) is 4.15. The highest BCUT2D eigenvalue weighted by atomic mass is 35.5. The summed E-state index contributed by atoms with van der Waals surface area (Å²) in [7, 11) is -4.29. The number of nitrogens with zero attached hydrogens (tertiary/aromatic N) is 1. The number of hydrogen-bond donors (Lipinski definition) is 2. The molecular formula is C7H8ClF2N3O4S2. The van der Waals surface area contributed by atoms with Crippen LogP contribution in [0.3, 0.4) is 0 Å². The van der Waals surface area contributed by atoms with Crippen LogP contribution in [0.2, 0.25) is 4.34 Å². The Morgan fingerprint density at radius 1 is 1.58 bits per heavy atom. The van der Waals surface area contributed by atoms with Crippen LogP contribution >= 0.6 is 22.9 Å². The lowest BCUT2D eigenvalue weighted by atomic mass is 10.3. The van der Waals surface area contributed by atoms with E-state index >= 15 is 0 Å². The first kappa shape index (κ1) is 16.2. The van der Waals surface area contributed by atoms with Gasteiger partial charge < -0.3 is 5.73 Å². The molecule has 0 unspecified atom stereocenters. The third-order valence-corrected chi connectivity index (χ3v) is 5.14. The number of nitro groups is 1. The van der Waals surface area contributed by atoms with Crippen LogP contribution < -0.4 is 10.5 Å². The van der Waals surface area contributed by atoms with Crippen molar-refractivity contribution in [2.24, 2.45) is 5.73 Å². The van der Waals surface area contributed by atoms with E-state index in [1.807, 2.05) is 0 Å².